The second-order valence-electron chi connectivity index (χ2n) is 13.0. The molecule has 1 aromatic heterocycles. The van der Waals surface area contributed by atoms with Crippen LogP contribution in [0.1, 0.15) is 150 Å². The van der Waals surface area contributed by atoms with Crippen LogP contribution in [0.25, 0.3) is 0 Å². The van der Waals surface area contributed by atoms with Crippen LogP contribution < -0.4 is 0 Å². The fraction of sp³-hybridized carbons (Fsp3) is 0.474. The SMILES string of the molecule is CC(C)c1cccc(C(C)C)c1N=C1CCCc2cc3c(nc21)C(=Nc1c(C(C)C)cccc1C(C)C)CCC3.[CH3-].[Fe]. The Morgan fingerprint density at radius 1 is 0.548 bits per heavy atom. The van der Waals surface area contributed by atoms with Gasteiger partial charge in [-0.2, -0.15) is 0 Å². The Hall–Kier alpha value is -2.55. The fourth-order valence-corrected chi connectivity index (χ4v) is 6.38. The molecule has 42 heavy (non-hydrogen) atoms. The molecule has 0 spiro atoms. The van der Waals surface area contributed by atoms with Crippen molar-refractivity contribution in [1.82, 2.24) is 4.98 Å². The van der Waals surface area contributed by atoms with E-state index in [2.05, 4.69) is 97.9 Å². The van der Waals surface area contributed by atoms with Crippen LogP contribution in [0.15, 0.2) is 52.4 Å². The zero-order valence-electron chi connectivity index (χ0n) is 27.3. The topological polar surface area (TPSA) is 37.6 Å². The van der Waals surface area contributed by atoms with Gasteiger partial charge in [0.05, 0.1) is 34.2 Å². The molecule has 0 saturated carbocycles. The monoisotopic (exact) mass is 604 g/mol. The Labute approximate surface area is 266 Å². The minimum absolute atomic E-state index is 0. The maximum Gasteiger partial charge on any atom is 0.0884 e. The molecule has 0 aliphatic heterocycles. The van der Waals surface area contributed by atoms with Crippen LogP contribution in [-0.2, 0) is 29.9 Å². The van der Waals surface area contributed by atoms with E-state index in [0.717, 1.165) is 72.7 Å². The molecule has 5 rings (SSSR count). The molecule has 0 amide bonds. The van der Waals surface area contributed by atoms with E-state index in [0.29, 0.717) is 23.7 Å². The average Bonchev–Trinajstić information content (AvgIpc) is 2.92. The third-order valence-electron chi connectivity index (χ3n) is 8.62. The normalized spacial score (nSPS) is 16.6. The maximum absolute atomic E-state index is 5.45. The van der Waals surface area contributed by atoms with E-state index >= 15 is 0 Å². The van der Waals surface area contributed by atoms with E-state index in [1.54, 1.807) is 0 Å². The molecule has 0 unspecified atom stereocenters. The van der Waals surface area contributed by atoms with Crippen LogP contribution in [0.5, 0.6) is 0 Å². The zero-order valence-corrected chi connectivity index (χ0v) is 28.4. The third-order valence-corrected chi connectivity index (χ3v) is 8.62. The summed E-state index contributed by atoms with van der Waals surface area (Å²) in [5.41, 5.74) is 14.9. The summed E-state index contributed by atoms with van der Waals surface area (Å²) in [6.07, 6.45) is 6.38. The number of aryl methyl sites for hydroxylation is 2. The number of hydrogen-bond donors (Lipinski definition) is 0. The van der Waals surface area contributed by atoms with E-state index in [9.17, 15) is 0 Å². The van der Waals surface area contributed by atoms with Gasteiger partial charge in [-0.05, 0) is 95.6 Å². The fourth-order valence-electron chi connectivity index (χ4n) is 6.38. The van der Waals surface area contributed by atoms with Crippen molar-refractivity contribution in [3.63, 3.8) is 0 Å². The van der Waals surface area contributed by atoms with Crippen molar-refractivity contribution in [2.24, 2.45) is 9.98 Å². The summed E-state index contributed by atoms with van der Waals surface area (Å²) in [4.78, 5) is 16.3. The van der Waals surface area contributed by atoms with E-state index in [4.69, 9.17) is 15.0 Å². The molecule has 3 nitrogen and oxygen atoms in total. The number of aliphatic imine (C=N–C) groups is 2. The molecule has 2 aliphatic rings. The summed E-state index contributed by atoms with van der Waals surface area (Å²) in [5, 5.41) is 0. The molecule has 0 saturated heterocycles. The molecule has 2 aromatic carbocycles. The number of para-hydroxylation sites is 2. The quantitative estimate of drug-likeness (QED) is 0.204. The molecule has 1 heterocycles. The number of pyridine rings is 1. The molecule has 0 N–H and O–H groups in total. The predicted molar refractivity (Wildman–Crippen MR) is 178 cm³/mol. The average molecular weight is 605 g/mol. The molecule has 0 atom stereocenters. The van der Waals surface area contributed by atoms with Gasteiger partial charge in [0.25, 0.3) is 0 Å². The third kappa shape index (κ3) is 6.81. The largest absolute Gasteiger partial charge is 0.358 e. The van der Waals surface area contributed by atoms with Crippen molar-refractivity contribution in [2.45, 2.75) is 118 Å². The number of rotatable bonds is 6. The summed E-state index contributed by atoms with van der Waals surface area (Å²) in [5.74, 6) is 1.69. The van der Waals surface area contributed by atoms with Gasteiger partial charge in [0, 0.05) is 17.1 Å². The van der Waals surface area contributed by atoms with Crippen molar-refractivity contribution >= 4 is 22.8 Å². The van der Waals surface area contributed by atoms with E-state index in [1.165, 1.54) is 33.4 Å². The van der Waals surface area contributed by atoms with Gasteiger partial charge in [0.1, 0.15) is 0 Å². The van der Waals surface area contributed by atoms with Crippen molar-refractivity contribution < 1.29 is 17.1 Å². The minimum atomic E-state index is 0. The molecule has 226 valence electrons. The summed E-state index contributed by atoms with van der Waals surface area (Å²) < 4.78 is 0. The van der Waals surface area contributed by atoms with Crippen molar-refractivity contribution in [3.8, 4) is 0 Å². The van der Waals surface area contributed by atoms with Crippen LogP contribution in [-0.4, -0.2) is 16.4 Å². The summed E-state index contributed by atoms with van der Waals surface area (Å²) in [6, 6.07) is 15.8. The summed E-state index contributed by atoms with van der Waals surface area (Å²) >= 11 is 0. The zero-order chi connectivity index (χ0) is 28.6. The minimum Gasteiger partial charge on any atom is -0.358 e. The number of nitrogens with zero attached hydrogens (tertiary/aromatic N) is 3. The van der Waals surface area contributed by atoms with Gasteiger partial charge in [-0.3, -0.25) is 9.98 Å². The summed E-state index contributed by atoms with van der Waals surface area (Å²) in [6.45, 7) is 18.2. The van der Waals surface area contributed by atoms with Gasteiger partial charge < -0.3 is 7.43 Å². The van der Waals surface area contributed by atoms with E-state index in [1.807, 2.05) is 0 Å². The summed E-state index contributed by atoms with van der Waals surface area (Å²) in [7, 11) is 0. The van der Waals surface area contributed by atoms with Crippen molar-refractivity contribution in [3.05, 3.63) is 94.7 Å². The molecular formula is C38H50FeN3-. The Morgan fingerprint density at radius 3 is 1.19 bits per heavy atom. The van der Waals surface area contributed by atoms with Crippen LogP contribution >= 0.6 is 0 Å². The first-order chi connectivity index (χ1) is 19.2. The van der Waals surface area contributed by atoms with Gasteiger partial charge in [-0.25, -0.2) is 4.98 Å². The molecular weight excluding hydrogens is 554 g/mol. The standard InChI is InChI=1S/C37H47N3.CH3.Fe/c1-22(2)28-15-11-16-29(23(3)4)36(28)38-32-19-9-13-26-21-27-14-10-20-33(35(27)40-34(26)32)39-37-30(24(5)6)17-12-18-31(37)25(7)8;;/h11-12,15-18,21-25H,9-10,13-14,19-20H2,1-8H3;1H3;/q;-1;. The number of fused-ring (bicyclic) bond motifs is 2. The second-order valence-corrected chi connectivity index (χ2v) is 13.0. The van der Waals surface area contributed by atoms with Crippen LogP contribution in [0.4, 0.5) is 11.4 Å². The van der Waals surface area contributed by atoms with Crippen molar-refractivity contribution in [2.75, 3.05) is 0 Å². The van der Waals surface area contributed by atoms with Gasteiger partial charge >= 0.3 is 0 Å². The molecule has 0 fully saturated rings. The van der Waals surface area contributed by atoms with E-state index < -0.39 is 0 Å². The first-order valence-corrected chi connectivity index (χ1v) is 15.6. The maximum atomic E-state index is 5.45. The molecule has 0 radical (unpaired) electrons. The molecule has 4 heteroatoms. The number of benzene rings is 2. The van der Waals surface area contributed by atoms with Gasteiger partial charge in [-0.15, -0.1) is 0 Å². The molecule has 3 aromatic rings. The van der Waals surface area contributed by atoms with Crippen LogP contribution in [0.2, 0.25) is 0 Å². The number of aromatic nitrogens is 1. The Bertz CT molecular complexity index is 1300. The Kier molecular flexibility index (Phi) is 11.5. The van der Waals surface area contributed by atoms with Crippen LogP contribution in [0.3, 0.4) is 0 Å². The van der Waals surface area contributed by atoms with Crippen molar-refractivity contribution in [1.29, 1.82) is 0 Å². The molecule has 0 bridgehead atoms. The van der Waals surface area contributed by atoms with Gasteiger partial charge in [-0.1, -0.05) is 97.9 Å². The number of hydrogen-bond acceptors (Lipinski definition) is 3. The van der Waals surface area contributed by atoms with Crippen LogP contribution in [0, 0.1) is 7.43 Å². The van der Waals surface area contributed by atoms with Gasteiger partial charge in [0.15, 0.2) is 0 Å². The Balaban J connectivity index is 0.00000242. The second kappa shape index (κ2) is 14.3. The first-order valence-electron chi connectivity index (χ1n) is 15.6. The predicted octanol–water partition coefficient (Wildman–Crippen LogP) is 10.9. The first kappa shape index (κ1) is 33.9. The molecule has 2 aliphatic carbocycles. The van der Waals surface area contributed by atoms with Gasteiger partial charge in [0.2, 0.25) is 0 Å². The van der Waals surface area contributed by atoms with E-state index in [-0.39, 0.29) is 24.5 Å². The Morgan fingerprint density at radius 2 is 0.881 bits per heavy atom. The smallest absolute Gasteiger partial charge is 0.0884 e.